The minimum absolute atomic E-state index is 0.0370. The molecule has 3 N–H and O–H groups in total. The average molecular weight is 597 g/mol. The standard InChI is InChI=1S/C27H32F4N6O3S/c1-26(2,40)14-34-23(38)24-36-20(25(39)37-10-8-15(28)9-11-37)21(41-24)18-13-33-22(35-16-6-4-3-5-7-16)17(12-32)19(18)27(29,30)31/h13,15-16,40H,3-11,14H2,1-2H3,(H,33,35)(H,34,38). The number of nitriles is 1. The van der Waals surface area contributed by atoms with Crippen LogP contribution in [0.4, 0.5) is 23.4 Å². The Kier molecular flexibility index (Phi) is 9.18. The van der Waals surface area contributed by atoms with E-state index in [0.717, 1.165) is 38.3 Å². The number of likely N-dealkylation sites (tertiary alicyclic amines) is 1. The molecule has 1 aliphatic carbocycles. The first-order chi connectivity index (χ1) is 19.3. The molecular weight excluding hydrogens is 564 g/mol. The molecule has 1 saturated carbocycles. The van der Waals surface area contributed by atoms with Crippen molar-refractivity contribution in [3.63, 3.8) is 0 Å². The summed E-state index contributed by atoms with van der Waals surface area (Å²) in [6.45, 7) is 2.81. The molecule has 4 rings (SSSR count). The van der Waals surface area contributed by atoms with E-state index in [4.69, 9.17) is 0 Å². The van der Waals surface area contributed by atoms with Crippen molar-refractivity contribution < 1.29 is 32.3 Å². The van der Waals surface area contributed by atoms with Gasteiger partial charge in [-0.15, -0.1) is 11.3 Å². The zero-order chi connectivity index (χ0) is 29.9. The number of hydrogen-bond donors (Lipinski definition) is 3. The van der Waals surface area contributed by atoms with Crippen LogP contribution in [0.3, 0.4) is 0 Å². The molecule has 0 bridgehead atoms. The highest BCUT2D eigenvalue weighted by atomic mass is 32.1. The molecule has 1 saturated heterocycles. The molecule has 0 unspecified atom stereocenters. The van der Waals surface area contributed by atoms with Gasteiger partial charge in [0.2, 0.25) is 0 Å². The normalized spacial score (nSPS) is 17.3. The van der Waals surface area contributed by atoms with Crippen molar-refractivity contribution in [3.8, 4) is 16.5 Å². The van der Waals surface area contributed by atoms with Crippen LogP contribution in [0.25, 0.3) is 10.4 Å². The number of carbonyl (C=O) groups is 2. The van der Waals surface area contributed by atoms with Gasteiger partial charge in [-0.05, 0) is 39.5 Å². The quantitative estimate of drug-likeness (QED) is 0.387. The fraction of sp³-hybridized carbons (Fsp3) is 0.593. The SMILES string of the molecule is CC(C)(O)CNC(=O)c1nc(C(=O)N2CCC(F)CC2)c(-c2cnc(NC3CCCCC3)c(C#N)c2C(F)(F)F)s1. The van der Waals surface area contributed by atoms with Gasteiger partial charge in [0.05, 0.1) is 16.0 Å². The van der Waals surface area contributed by atoms with Gasteiger partial charge < -0.3 is 20.6 Å². The summed E-state index contributed by atoms with van der Waals surface area (Å²) in [5.41, 5.74) is -4.23. The molecule has 2 fully saturated rings. The van der Waals surface area contributed by atoms with Gasteiger partial charge in [-0.3, -0.25) is 9.59 Å². The minimum Gasteiger partial charge on any atom is -0.389 e. The number of thiazole rings is 1. The summed E-state index contributed by atoms with van der Waals surface area (Å²) in [5.74, 6) is -1.74. The number of nitrogens with one attached hydrogen (secondary N) is 2. The highest BCUT2D eigenvalue weighted by Gasteiger charge is 2.41. The number of halogens is 4. The molecule has 0 aromatic carbocycles. The Morgan fingerprint density at radius 1 is 1.17 bits per heavy atom. The van der Waals surface area contributed by atoms with Crippen LogP contribution in [0.2, 0.25) is 0 Å². The van der Waals surface area contributed by atoms with E-state index < -0.39 is 52.1 Å². The summed E-state index contributed by atoms with van der Waals surface area (Å²) in [4.78, 5) is 35.7. The predicted molar refractivity (Wildman–Crippen MR) is 144 cm³/mol. The number of anilines is 1. The van der Waals surface area contributed by atoms with Crippen LogP contribution in [-0.2, 0) is 6.18 Å². The first-order valence-corrected chi connectivity index (χ1v) is 14.3. The smallest absolute Gasteiger partial charge is 0.389 e. The topological polar surface area (TPSA) is 131 Å². The van der Waals surface area contributed by atoms with Gasteiger partial charge in [0.25, 0.3) is 11.8 Å². The molecule has 9 nitrogen and oxygen atoms in total. The minimum atomic E-state index is -5.01. The number of aliphatic hydroxyl groups is 1. The van der Waals surface area contributed by atoms with Gasteiger partial charge in [-0.25, -0.2) is 14.4 Å². The maximum atomic E-state index is 14.6. The average Bonchev–Trinajstić information content (AvgIpc) is 3.36. The molecule has 2 aromatic rings. The molecule has 2 aliphatic rings. The van der Waals surface area contributed by atoms with Crippen LogP contribution in [0.5, 0.6) is 0 Å². The van der Waals surface area contributed by atoms with Gasteiger partial charge in [-0.2, -0.15) is 18.4 Å². The molecule has 14 heteroatoms. The van der Waals surface area contributed by atoms with E-state index in [2.05, 4.69) is 20.6 Å². The molecular formula is C27H32F4N6O3S. The molecule has 2 aromatic heterocycles. The van der Waals surface area contributed by atoms with Crippen molar-refractivity contribution in [3.05, 3.63) is 28.0 Å². The van der Waals surface area contributed by atoms with Crippen molar-refractivity contribution in [1.82, 2.24) is 20.2 Å². The first-order valence-electron chi connectivity index (χ1n) is 13.5. The van der Waals surface area contributed by atoms with Crippen molar-refractivity contribution in [2.75, 3.05) is 25.0 Å². The van der Waals surface area contributed by atoms with Gasteiger partial charge in [-0.1, -0.05) is 19.3 Å². The third kappa shape index (κ3) is 7.32. The van der Waals surface area contributed by atoms with Gasteiger partial charge >= 0.3 is 6.18 Å². The summed E-state index contributed by atoms with van der Waals surface area (Å²) < 4.78 is 57.6. The molecule has 2 amide bonds. The lowest BCUT2D eigenvalue weighted by Gasteiger charge is -2.28. The van der Waals surface area contributed by atoms with Crippen molar-refractivity contribution in [1.29, 1.82) is 5.26 Å². The number of carbonyl (C=O) groups excluding carboxylic acids is 2. The number of aromatic nitrogens is 2. The lowest BCUT2D eigenvalue weighted by Crippen LogP contribution is -2.39. The molecule has 41 heavy (non-hydrogen) atoms. The highest BCUT2D eigenvalue weighted by molar-refractivity contribution is 7.17. The van der Waals surface area contributed by atoms with Crippen LogP contribution in [0.15, 0.2) is 6.20 Å². The highest BCUT2D eigenvalue weighted by Crippen LogP contribution is 2.44. The number of hydrogen-bond acceptors (Lipinski definition) is 8. The van der Waals surface area contributed by atoms with E-state index in [1.54, 1.807) is 6.07 Å². The van der Waals surface area contributed by atoms with E-state index in [1.165, 1.54) is 18.7 Å². The first kappa shape index (κ1) is 30.6. The predicted octanol–water partition coefficient (Wildman–Crippen LogP) is 4.91. The number of pyridine rings is 1. The Bertz CT molecular complexity index is 1320. The Morgan fingerprint density at radius 3 is 2.41 bits per heavy atom. The third-order valence-electron chi connectivity index (χ3n) is 7.08. The number of amides is 2. The van der Waals surface area contributed by atoms with Crippen LogP contribution in [0, 0.1) is 11.3 Å². The second-order valence-electron chi connectivity index (χ2n) is 11.0. The fourth-order valence-electron chi connectivity index (χ4n) is 4.95. The Hall–Kier alpha value is -3.31. The second-order valence-corrected chi connectivity index (χ2v) is 12.0. The summed E-state index contributed by atoms with van der Waals surface area (Å²) in [6.07, 6.45) is -0.691. The summed E-state index contributed by atoms with van der Waals surface area (Å²) >= 11 is 0.559. The lowest BCUT2D eigenvalue weighted by molar-refractivity contribution is -0.137. The van der Waals surface area contributed by atoms with Gasteiger partial charge in [0.15, 0.2) is 5.01 Å². The zero-order valence-corrected chi connectivity index (χ0v) is 23.6. The molecule has 0 atom stereocenters. The van der Waals surface area contributed by atoms with Gasteiger partial charge in [0, 0.05) is 37.4 Å². The summed E-state index contributed by atoms with van der Waals surface area (Å²) in [5, 5.41) is 25.0. The number of piperidine rings is 1. The second kappa shape index (κ2) is 12.3. The molecule has 222 valence electrons. The largest absolute Gasteiger partial charge is 0.418 e. The number of rotatable bonds is 7. The molecule has 1 aliphatic heterocycles. The van der Waals surface area contributed by atoms with Crippen LogP contribution in [-0.4, -0.2) is 69.2 Å². The lowest BCUT2D eigenvalue weighted by atomic mass is 9.95. The third-order valence-corrected chi connectivity index (χ3v) is 8.17. The summed E-state index contributed by atoms with van der Waals surface area (Å²) in [6, 6.07) is 1.52. The molecule has 3 heterocycles. The fourth-order valence-corrected chi connectivity index (χ4v) is 5.94. The Labute approximate surface area is 239 Å². The summed E-state index contributed by atoms with van der Waals surface area (Å²) in [7, 11) is 0. The van der Waals surface area contributed by atoms with E-state index in [9.17, 15) is 37.5 Å². The van der Waals surface area contributed by atoms with Crippen LogP contribution < -0.4 is 10.6 Å². The Morgan fingerprint density at radius 2 is 1.83 bits per heavy atom. The van der Waals surface area contributed by atoms with Crippen molar-refractivity contribution in [2.45, 2.75) is 82.8 Å². The van der Waals surface area contributed by atoms with E-state index in [0.29, 0.717) is 11.3 Å². The monoisotopic (exact) mass is 596 g/mol. The van der Waals surface area contributed by atoms with Crippen molar-refractivity contribution in [2.24, 2.45) is 0 Å². The van der Waals surface area contributed by atoms with Crippen LogP contribution in [0.1, 0.15) is 90.2 Å². The number of nitrogens with zero attached hydrogens (tertiary/aromatic N) is 4. The maximum Gasteiger partial charge on any atom is 0.418 e. The maximum absolute atomic E-state index is 14.6. The van der Waals surface area contributed by atoms with Gasteiger partial charge in [0.1, 0.15) is 29.3 Å². The Balaban J connectivity index is 1.82. The van der Waals surface area contributed by atoms with E-state index >= 15 is 0 Å². The molecule has 0 spiro atoms. The van der Waals surface area contributed by atoms with Crippen LogP contribution >= 0.6 is 11.3 Å². The van der Waals surface area contributed by atoms with E-state index in [-0.39, 0.29) is 54.2 Å². The molecule has 0 radical (unpaired) electrons. The van der Waals surface area contributed by atoms with E-state index in [1.807, 2.05) is 0 Å². The van der Waals surface area contributed by atoms with Crippen molar-refractivity contribution >= 4 is 29.0 Å². The number of alkyl halides is 4. The zero-order valence-electron chi connectivity index (χ0n) is 22.8.